The van der Waals surface area contributed by atoms with Crippen LogP contribution in [0.3, 0.4) is 0 Å². The third-order valence-electron chi connectivity index (χ3n) is 3.59. The average Bonchev–Trinajstić information content (AvgIpc) is 2.41. The molecule has 0 fully saturated rings. The van der Waals surface area contributed by atoms with Gasteiger partial charge in [0, 0.05) is 10.9 Å². The molecule has 2 aromatic rings. The lowest BCUT2D eigenvalue weighted by Gasteiger charge is -2.26. The summed E-state index contributed by atoms with van der Waals surface area (Å²) in [6.45, 7) is 6.22. The van der Waals surface area contributed by atoms with Crippen LogP contribution in [-0.4, -0.2) is 15.6 Å². The summed E-state index contributed by atoms with van der Waals surface area (Å²) < 4.78 is 12.8. The Balaban J connectivity index is 2.14. The summed E-state index contributed by atoms with van der Waals surface area (Å²) in [7, 11) is -1.04. The molecule has 0 saturated carbocycles. The highest BCUT2D eigenvalue weighted by Gasteiger charge is 2.26. The minimum Gasteiger partial charge on any atom is -0.297 e. The van der Waals surface area contributed by atoms with Gasteiger partial charge < -0.3 is 0 Å². The fourth-order valence-corrected chi connectivity index (χ4v) is 4.29. The molecule has 0 aromatic heterocycles. The lowest BCUT2D eigenvalue weighted by atomic mass is 10.0. The Hall–Kier alpha value is -1.45. The van der Waals surface area contributed by atoms with Gasteiger partial charge in [-0.2, -0.15) is 0 Å². The molecule has 2 atom stereocenters. The molecule has 104 valence electrons. The quantitative estimate of drug-likeness (QED) is 0.912. The van der Waals surface area contributed by atoms with E-state index in [0.717, 1.165) is 21.4 Å². The van der Waals surface area contributed by atoms with Crippen molar-refractivity contribution in [2.24, 2.45) is 0 Å². The maximum Gasteiger partial charge on any atom is 0.110 e. The summed E-state index contributed by atoms with van der Waals surface area (Å²) in [4.78, 5) is 0.937. The monoisotopic (exact) mass is 285 g/mol. The van der Waals surface area contributed by atoms with Crippen LogP contribution >= 0.6 is 0 Å². The van der Waals surface area contributed by atoms with Crippen molar-refractivity contribution in [3.63, 3.8) is 0 Å². The van der Waals surface area contributed by atoms with E-state index in [4.69, 9.17) is 0 Å². The Morgan fingerprint density at radius 3 is 2.45 bits per heavy atom. The van der Waals surface area contributed by atoms with Gasteiger partial charge in [0.05, 0.1) is 10.8 Å². The van der Waals surface area contributed by atoms with E-state index >= 15 is 0 Å². The molecule has 0 saturated heterocycles. The standard InChI is InChI=1S/C17H19NOS/c1-11(2)18-17-12(3)8-15-9-13-6-4-5-7-14(13)10-16(15)20(17)19/h4-11,17-18H,1-3H3. The van der Waals surface area contributed by atoms with Crippen molar-refractivity contribution >= 4 is 27.6 Å². The molecule has 2 aromatic carbocycles. The maximum atomic E-state index is 12.8. The first-order valence-electron chi connectivity index (χ1n) is 6.94. The highest BCUT2D eigenvalue weighted by Crippen LogP contribution is 2.31. The molecule has 3 heteroatoms. The zero-order valence-corrected chi connectivity index (χ0v) is 12.8. The largest absolute Gasteiger partial charge is 0.297 e. The van der Waals surface area contributed by atoms with Gasteiger partial charge in [-0.05, 0) is 54.8 Å². The van der Waals surface area contributed by atoms with Crippen molar-refractivity contribution < 1.29 is 4.21 Å². The minimum absolute atomic E-state index is 0.0799. The van der Waals surface area contributed by atoms with Crippen molar-refractivity contribution in [3.8, 4) is 0 Å². The fourth-order valence-electron chi connectivity index (χ4n) is 2.64. The van der Waals surface area contributed by atoms with Gasteiger partial charge in [-0.3, -0.25) is 9.53 Å². The lowest BCUT2D eigenvalue weighted by molar-refractivity contribution is 0.578. The van der Waals surface area contributed by atoms with Crippen LogP contribution in [0.1, 0.15) is 26.3 Å². The van der Waals surface area contributed by atoms with Crippen LogP contribution in [0.2, 0.25) is 0 Å². The van der Waals surface area contributed by atoms with Gasteiger partial charge in [0.2, 0.25) is 0 Å². The lowest BCUT2D eigenvalue weighted by Crippen LogP contribution is -2.40. The summed E-state index contributed by atoms with van der Waals surface area (Å²) in [5.41, 5.74) is 2.22. The predicted molar refractivity (Wildman–Crippen MR) is 86.1 cm³/mol. The molecule has 0 radical (unpaired) electrons. The molecule has 0 aliphatic carbocycles. The van der Waals surface area contributed by atoms with Crippen LogP contribution < -0.4 is 5.32 Å². The van der Waals surface area contributed by atoms with Gasteiger partial charge in [-0.1, -0.05) is 30.3 Å². The van der Waals surface area contributed by atoms with Crippen molar-refractivity contribution in [3.05, 3.63) is 47.5 Å². The van der Waals surface area contributed by atoms with Crippen molar-refractivity contribution in [1.82, 2.24) is 5.32 Å². The van der Waals surface area contributed by atoms with E-state index in [1.807, 2.05) is 12.1 Å². The summed E-state index contributed by atoms with van der Waals surface area (Å²) in [6, 6.07) is 12.7. The third-order valence-corrected chi connectivity index (χ3v) is 5.31. The summed E-state index contributed by atoms with van der Waals surface area (Å²) in [5.74, 6) is 0. The number of hydrogen-bond donors (Lipinski definition) is 1. The molecular weight excluding hydrogens is 266 g/mol. The smallest absolute Gasteiger partial charge is 0.110 e. The Morgan fingerprint density at radius 2 is 1.80 bits per heavy atom. The Bertz CT molecular complexity index is 718. The topological polar surface area (TPSA) is 29.1 Å². The second kappa shape index (κ2) is 5.15. The molecule has 3 rings (SSSR count). The molecule has 2 unspecified atom stereocenters. The van der Waals surface area contributed by atoms with Gasteiger partial charge in [0.1, 0.15) is 5.37 Å². The number of nitrogens with one attached hydrogen (secondary N) is 1. The van der Waals surface area contributed by atoms with E-state index in [1.165, 1.54) is 5.39 Å². The van der Waals surface area contributed by atoms with E-state index in [0.29, 0.717) is 6.04 Å². The van der Waals surface area contributed by atoms with Gasteiger partial charge >= 0.3 is 0 Å². The molecule has 1 aliphatic rings. The van der Waals surface area contributed by atoms with Crippen LogP contribution in [0.5, 0.6) is 0 Å². The molecule has 2 nitrogen and oxygen atoms in total. The van der Waals surface area contributed by atoms with Crippen molar-refractivity contribution in [2.75, 3.05) is 0 Å². The molecule has 1 N–H and O–H groups in total. The number of benzene rings is 2. The third kappa shape index (κ3) is 2.32. The second-order valence-corrected chi connectivity index (χ2v) is 7.13. The molecule has 1 heterocycles. The molecule has 0 amide bonds. The highest BCUT2D eigenvalue weighted by atomic mass is 32.2. The highest BCUT2D eigenvalue weighted by molar-refractivity contribution is 7.86. The number of hydrogen-bond acceptors (Lipinski definition) is 2. The zero-order chi connectivity index (χ0) is 14.3. The van der Waals surface area contributed by atoms with E-state index in [-0.39, 0.29) is 5.37 Å². The first-order chi connectivity index (χ1) is 9.56. The average molecular weight is 285 g/mol. The summed E-state index contributed by atoms with van der Waals surface area (Å²) >= 11 is 0. The van der Waals surface area contributed by atoms with Crippen molar-refractivity contribution in [1.29, 1.82) is 0 Å². The molecule has 0 spiro atoms. The molecule has 0 bridgehead atoms. The normalized spacial score (nSPS) is 21.9. The minimum atomic E-state index is -1.04. The van der Waals surface area contributed by atoms with Crippen LogP contribution in [0.25, 0.3) is 16.8 Å². The van der Waals surface area contributed by atoms with Gasteiger partial charge in [0.15, 0.2) is 0 Å². The Morgan fingerprint density at radius 1 is 1.15 bits per heavy atom. The van der Waals surface area contributed by atoms with Gasteiger partial charge in [0.25, 0.3) is 0 Å². The van der Waals surface area contributed by atoms with Crippen LogP contribution in [0.4, 0.5) is 0 Å². The zero-order valence-electron chi connectivity index (χ0n) is 12.0. The number of rotatable bonds is 2. The number of fused-ring (bicyclic) bond motifs is 2. The van der Waals surface area contributed by atoms with E-state index in [2.05, 4.69) is 56.4 Å². The van der Waals surface area contributed by atoms with Crippen LogP contribution in [-0.2, 0) is 10.8 Å². The molecule has 1 aliphatic heterocycles. The summed E-state index contributed by atoms with van der Waals surface area (Å²) in [5, 5.41) is 5.67. The van der Waals surface area contributed by atoms with E-state index < -0.39 is 10.8 Å². The Labute approximate surface area is 122 Å². The van der Waals surface area contributed by atoms with Crippen molar-refractivity contribution in [2.45, 2.75) is 37.1 Å². The second-order valence-electron chi connectivity index (χ2n) is 5.62. The molecule has 20 heavy (non-hydrogen) atoms. The summed E-state index contributed by atoms with van der Waals surface area (Å²) in [6.07, 6.45) is 2.16. The van der Waals surface area contributed by atoms with Gasteiger partial charge in [-0.25, -0.2) is 0 Å². The van der Waals surface area contributed by atoms with E-state index in [9.17, 15) is 4.21 Å². The first-order valence-corrected chi connectivity index (χ1v) is 8.15. The van der Waals surface area contributed by atoms with Gasteiger partial charge in [-0.15, -0.1) is 0 Å². The molecular formula is C17H19NOS. The first kappa shape index (κ1) is 13.5. The fraction of sp³-hybridized carbons (Fsp3) is 0.294. The maximum absolute atomic E-state index is 12.8. The van der Waals surface area contributed by atoms with E-state index in [1.54, 1.807) is 0 Å². The Kier molecular flexibility index (Phi) is 3.48. The van der Waals surface area contributed by atoms with Crippen LogP contribution in [0, 0.1) is 0 Å². The SMILES string of the molecule is CC1=Cc2cc3ccccc3cc2S(=O)C1NC(C)C. The predicted octanol–water partition coefficient (Wildman–Crippen LogP) is 3.69. The van der Waals surface area contributed by atoms with Crippen LogP contribution in [0.15, 0.2) is 46.9 Å².